The molecular formula is C23H25FIN5O4S. The molecule has 1 aliphatic heterocycles. The smallest absolute Gasteiger partial charge is 0.267 e. The van der Waals surface area contributed by atoms with Crippen LogP contribution in [0.15, 0.2) is 53.8 Å². The van der Waals surface area contributed by atoms with Gasteiger partial charge in [-0.15, -0.1) is 0 Å². The van der Waals surface area contributed by atoms with Crippen LogP contribution in [-0.2, 0) is 21.3 Å². The van der Waals surface area contributed by atoms with Crippen LogP contribution >= 0.6 is 22.9 Å². The number of ether oxygens (including phenoxy) is 2. The summed E-state index contributed by atoms with van der Waals surface area (Å²) in [5.41, 5.74) is 2.62. The van der Waals surface area contributed by atoms with Gasteiger partial charge in [0.25, 0.3) is 10.0 Å². The molecule has 1 saturated heterocycles. The molecule has 0 saturated carbocycles. The summed E-state index contributed by atoms with van der Waals surface area (Å²) in [6.45, 7) is 2.85. The number of halogens is 2. The van der Waals surface area contributed by atoms with E-state index in [0.717, 1.165) is 0 Å². The highest BCUT2D eigenvalue weighted by Gasteiger charge is 2.24. The predicted molar refractivity (Wildman–Crippen MR) is 140 cm³/mol. The van der Waals surface area contributed by atoms with Gasteiger partial charge in [0.15, 0.2) is 4.90 Å². The summed E-state index contributed by atoms with van der Waals surface area (Å²) in [4.78, 5) is 10.3. The Morgan fingerprint density at radius 2 is 1.94 bits per heavy atom. The maximum atomic E-state index is 14.6. The highest BCUT2D eigenvalue weighted by atomic mass is 127. The van der Waals surface area contributed by atoms with Gasteiger partial charge >= 0.3 is 0 Å². The number of benzene rings is 1. The number of morpholine rings is 1. The minimum Gasteiger partial charge on any atom is -0.480 e. The molecule has 0 radical (unpaired) electrons. The maximum absolute atomic E-state index is 14.6. The SMILES string of the molecule is COc1ncc(N2CCOCC2)cc1S(=O)(=O)Nc1cncc(-c2ccc(CN(C)I)c(F)c2)c1. The summed E-state index contributed by atoms with van der Waals surface area (Å²) < 4.78 is 56.2. The lowest BCUT2D eigenvalue weighted by atomic mass is 10.0. The number of methoxy groups -OCH3 is 1. The van der Waals surface area contributed by atoms with E-state index >= 15 is 0 Å². The van der Waals surface area contributed by atoms with Crippen molar-refractivity contribution < 1.29 is 22.3 Å². The van der Waals surface area contributed by atoms with Gasteiger partial charge in [-0.3, -0.25) is 9.71 Å². The summed E-state index contributed by atoms with van der Waals surface area (Å²) in [7, 11) is -0.838. The molecule has 0 amide bonds. The first-order chi connectivity index (χ1) is 16.8. The quantitative estimate of drug-likeness (QED) is 0.304. The van der Waals surface area contributed by atoms with Crippen molar-refractivity contribution in [2.24, 2.45) is 0 Å². The topological polar surface area (TPSA) is 96.9 Å². The van der Waals surface area contributed by atoms with E-state index in [1.165, 1.54) is 25.4 Å². The van der Waals surface area contributed by atoms with E-state index in [2.05, 4.69) is 37.6 Å². The summed E-state index contributed by atoms with van der Waals surface area (Å²) in [5.74, 6) is -0.357. The lowest BCUT2D eigenvalue weighted by molar-refractivity contribution is 0.122. The molecule has 12 heteroatoms. The first kappa shape index (κ1) is 25.5. The number of nitrogens with zero attached hydrogens (tertiary/aromatic N) is 4. The van der Waals surface area contributed by atoms with Gasteiger partial charge in [-0.25, -0.2) is 20.9 Å². The first-order valence-corrected chi connectivity index (χ1v) is 13.2. The Bertz CT molecular complexity index is 1300. The number of hydrogen-bond donors (Lipinski definition) is 1. The van der Waals surface area contributed by atoms with Crippen LogP contribution in [0.1, 0.15) is 5.56 Å². The van der Waals surface area contributed by atoms with Gasteiger partial charge < -0.3 is 14.4 Å². The van der Waals surface area contributed by atoms with Gasteiger partial charge in [-0.1, -0.05) is 12.1 Å². The van der Waals surface area contributed by atoms with Crippen molar-refractivity contribution >= 4 is 44.3 Å². The zero-order valence-electron chi connectivity index (χ0n) is 19.2. The van der Waals surface area contributed by atoms with Gasteiger partial charge in [0.05, 0.1) is 44.1 Å². The van der Waals surface area contributed by atoms with E-state index in [-0.39, 0.29) is 22.3 Å². The van der Waals surface area contributed by atoms with Crippen LogP contribution in [0, 0.1) is 5.82 Å². The van der Waals surface area contributed by atoms with Crippen molar-refractivity contribution in [1.29, 1.82) is 0 Å². The second kappa shape index (κ2) is 11.0. The third-order valence-corrected chi connectivity index (χ3v) is 7.15. The minimum atomic E-state index is -4.06. The Morgan fingerprint density at radius 3 is 2.63 bits per heavy atom. The number of pyridine rings is 2. The molecule has 0 unspecified atom stereocenters. The fourth-order valence-corrected chi connectivity index (χ4v) is 5.26. The van der Waals surface area contributed by atoms with Gasteiger partial charge in [0.1, 0.15) is 5.82 Å². The second-order valence-corrected chi connectivity index (χ2v) is 11.2. The van der Waals surface area contributed by atoms with Crippen LogP contribution in [0.4, 0.5) is 15.8 Å². The van der Waals surface area contributed by atoms with Gasteiger partial charge in [-0.2, -0.15) is 0 Å². The standard InChI is InChI=1S/C23H25FIN5O4S/c1-29(25)15-17-4-3-16(10-21(17)24)18-9-19(13-26-12-18)28-35(31,32)22-11-20(14-27-23(22)33-2)30-5-7-34-8-6-30/h3-4,9-14,28H,5-8,15H2,1-2H3. The van der Waals surface area contributed by atoms with Crippen molar-refractivity contribution in [3.63, 3.8) is 0 Å². The average Bonchev–Trinajstić information content (AvgIpc) is 2.85. The molecule has 1 aromatic carbocycles. The van der Waals surface area contributed by atoms with E-state index < -0.39 is 10.0 Å². The third kappa shape index (κ3) is 6.18. The molecule has 9 nitrogen and oxygen atoms in total. The van der Waals surface area contributed by atoms with Crippen molar-refractivity contribution in [1.82, 2.24) is 13.1 Å². The fourth-order valence-electron chi connectivity index (χ4n) is 3.72. The molecular weight excluding hydrogens is 588 g/mol. The van der Waals surface area contributed by atoms with Crippen molar-refractivity contribution in [3.05, 3.63) is 60.3 Å². The molecule has 0 bridgehead atoms. The molecule has 0 aliphatic carbocycles. The normalized spacial score (nSPS) is 14.3. The first-order valence-electron chi connectivity index (χ1n) is 10.8. The minimum absolute atomic E-state index is 0.0171. The number of hydrogen-bond acceptors (Lipinski definition) is 8. The third-order valence-electron chi connectivity index (χ3n) is 5.43. The van der Waals surface area contributed by atoms with E-state index in [1.54, 1.807) is 30.6 Å². The Hall–Kier alpha value is -2.55. The Labute approximate surface area is 217 Å². The zero-order chi connectivity index (χ0) is 25.0. The second-order valence-electron chi connectivity index (χ2n) is 7.94. The molecule has 2 aromatic heterocycles. The van der Waals surface area contributed by atoms with Crippen LogP contribution in [-0.4, -0.2) is 62.0 Å². The Kier molecular flexibility index (Phi) is 8.04. The van der Waals surface area contributed by atoms with Crippen LogP contribution in [0.25, 0.3) is 11.1 Å². The zero-order valence-corrected chi connectivity index (χ0v) is 22.2. The highest BCUT2D eigenvalue weighted by molar-refractivity contribution is 14.1. The average molecular weight is 613 g/mol. The molecule has 1 N–H and O–H groups in total. The molecule has 3 aromatic rings. The monoisotopic (exact) mass is 613 g/mol. The van der Waals surface area contributed by atoms with Crippen LogP contribution in [0.2, 0.25) is 0 Å². The molecule has 1 fully saturated rings. The molecule has 35 heavy (non-hydrogen) atoms. The van der Waals surface area contributed by atoms with Gasteiger partial charge in [0.2, 0.25) is 5.88 Å². The fraction of sp³-hybridized carbons (Fsp3) is 0.304. The number of aromatic nitrogens is 2. The molecule has 186 valence electrons. The molecule has 0 atom stereocenters. The van der Waals surface area contributed by atoms with E-state index in [4.69, 9.17) is 9.47 Å². The van der Waals surface area contributed by atoms with Crippen molar-refractivity contribution in [2.75, 3.05) is 50.1 Å². The van der Waals surface area contributed by atoms with Gasteiger partial charge in [-0.05, 0) is 30.8 Å². The highest BCUT2D eigenvalue weighted by Crippen LogP contribution is 2.30. The lowest BCUT2D eigenvalue weighted by Gasteiger charge is -2.29. The maximum Gasteiger partial charge on any atom is 0.267 e. The van der Waals surface area contributed by atoms with Crippen molar-refractivity contribution in [2.45, 2.75) is 11.4 Å². The van der Waals surface area contributed by atoms with Gasteiger partial charge in [0, 0.05) is 59.8 Å². The summed E-state index contributed by atoms with van der Waals surface area (Å²) in [6.07, 6.45) is 4.53. The number of nitrogens with one attached hydrogen (secondary N) is 1. The molecule has 0 spiro atoms. The van der Waals surface area contributed by atoms with Crippen LogP contribution in [0.5, 0.6) is 5.88 Å². The number of anilines is 2. The van der Waals surface area contributed by atoms with E-state index in [0.29, 0.717) is 55.2 Å². The predicted octanol–water partition coefficient (Wildman–Crippen LogP) is 3.71. The summed E-state index contributed by atoms with van der Waals surface area (Å²) in [5, 5.41) is 0. The van der Waals surface area contributed by atoms with E-state index in [9.17, 15) is 12.8 Å². The number of sulfonamides is 1. The lowest BCUT2D eigenvalue weighted by Crippen LogP contribution is -2.36. The number of rotatable bonds is 8. The van der Waals surface area contributed by atoms with E-state index in [1.807, 2.05) is 15.1 Å². The largest absolute Gasteiger partial charge is 0.480 e. The Balaban J connectivity index is 1.61. The molecule has 3 heterocycles. The van der Waals surface area contributed by atoms with Crippen LogP contribution < -0.4 is 14.4 Å². The molecule has 1 aliphatic rings. The molecule has 4 rings (SSSR count). The summed E-state index contributed by atoms with van der Waals surface area (Å²) in [6, 6.07) is 8.06. The summed E-state index contributed by atoms with van der Waals surface area (Å²) >= 11 is 2.09. The Morgan fingerprint density at radius 1 is 1.17 bits per heavy atom. The van der Waals surface area contributed by atoms with Crippen LogP contribution in [0.3, 0.4) is 0 Å². The van der Waals surface area contributed by atoms with Crippen molar-refractivity contribution in [3.8, 4) is 17.0 Å².